The Bertz CT molecular complexity index is 767. The van der Waals surface area contributed by atoms with E-state index < -0.39 is 6.04 Å². The third kappa shape index (κ3) is 2.20. The van der Waals surface area contributed by atoms with E-state index in [-0.39, 0.29) is 24.4 Å². The van der Waals surface area contributed by atoms with Crippen LogP contribution in [0.2, 0.25) is 5.02 Å². The van der Waals surface area contributed by atoms with Crippen molar-refractivity contribution in [3.8, 4) is 5.69 Å². The molecule has 0 N–H and O–H groups in total. The number of hydrogen-bond donors (Lipinski definition) is 0. The molecule has 0 radical (unpaired) electrons. The second kappa shape index (κ2) is 5.36. The topological polar surface area (TPSA) is 67.7 Å². The number of fused-ring (bicyclic) bond motifs is 1. The minimum atomic E-state index is -0.554. The summed E-state index contributed by atoms with van der Waals surface area (Å²) < 4.78 is 6.84. The molecule has 4 rings (SSSR count). The van der Waals surface area contributed by atoms with Crippen molar-refractivity contribution >= 4 is 29.4 Å². The van der Waals surface area contributed by atoms with Gasteiger partial charge in [0.2, 0.25) is 0 Å². The summed E-state index contributed by atoms with van der Waals surface area (Å²) >= 11 is 6.15. The number of ether oxygens (including phenoxy) is 1. The number of aromatic nitrogens is 2. The first kappa shape index (κ1) is 14.2. The molecule has 0 aliphatic carbocycles. The van der Waals surface area contributed by atoms with Gasteiger partial charge in [0.25, 0.3) is 5.91 Å². The average molecular weight is 333 g/mol. The first-order valence-corrected chi connectivity index (χ1v) is 7.57. The van der Waals surface area contributed by atoms with Gasteiger partial charge < -0.3 is 9.64 Å². The Morgan fingerprint density at radius 3 is 2.83 bits per heavy atom. The average Bonchev–Trinajstić information content (AvgIpc) is 3.13. The van der Waals surface area contributed by atoms with Gasteiger partial charge in [-0.2, -0.15) is 0 Å². The quantitative estimate of drug-likeness (QED) is 0.785. The highest BCUT2D eigenvalue weighted by atomic mass is 35.5. The Morgan fingerprint density at radius 1 is 1.22 bits per heavy atom. The lowest BCUT2D eigenvalue weighted by atomic mass is 10.2. The lowest BCUT2D eigenvalue weighted by Gasteiger charge is -2.26. The lowest BCUT2D eigenvalue weighted by Crippen LogP contribution is -2.45. The molecule has 7 nitrogen and oxygen atoms in total. The summed E-state index contributed by atoms with van der Waals surface area (Å²) in [6, 6.07) is 7.94. The molecular formula is C15H13ClN4O3. The summed E-state index contributed by atoms with van der Waals surface area (Å²) in [6.07, 6.45) is 1.67. The Morgan fingerprint density at radius 2 is 2.04 bits per heavy atom. The molecule has 23 heavy (non-hydrogen) atoms. The number of benzene rings is 1. The molecule has 2 aromatic rings. The first-order valence-electron chi connectivity index (χ1n) is 7.20. The summed E-state index contributed by atoms with van der Waals surface area (Å²) in [5, 5.41) is 4.87. The molecule has 0 bridgehead atoms. The number of nitrogens with zero attached hydrogens (tertiary/aromatic N) is 4. The first-order chi connectivity index (χ1) is 11.2. The van der Waals surface area contributed by atoms with Crippen molar-refractivity contribution in [1.29, 1.82) is 0 Å². The van der Waals surface area contributed by atoms with Gasteiger partial charge in [0.05, 0.1) is 23.9 Å². The molecule has 2 aliphatic rings. The molecule has 3 heterocycles. The Labute approximate surface area is 137 Å². The van der Waals surface area contributed by atoms with E-state index in [0.29, 0.717) is 23.9 Å². The summed E-state index contributed by atoms with van der Waals surface area (Å²) in [5.74, 6) is -0.0200. The zero-order chi connectivity index (χ0) is 16.0. The van der Waals surface area contributed by atoms with Crippen LogP contribution in [0.25, 0.3) is 5.69 Å². The molecule has 3 amide bonds. The summed E-state index contributed by atoms with van der Waals surface area (Å²) in [4.78, 5) is 27.6. The SMILES string of the molecule is O=C1C2COCCN2C(=O)N1c1ccn(-c2ccccc2Cl)n1. The van der Waals surface area contributed by atoms with Crippen molar-refractivity contribution in [3.63, 3.8) is 0 Å². The third-order valence-corrected chi connectivity index (χ3v) is 4.29. The van der Waals surface area contributed by atoms with Crippen molar-refractivity contribution < 1.29 is 14.3 Å². The predicted molar refractivity (Wildman–Crippen MR) is 82.8 cm³/mol. The van der Waals surface area contributed by atoms with Gasteiger partial charge in [0, 0.05) is 18.8 Å². The number of amides is 3. The third-order valence-electron chi connectivity index (χ3n) is 3.97. The van der Waals surface area contributed by atoms with Crippen LogP contribution in [0.5, 0.6) is 0 Å². The van der Waals surface area contributed by atoms with Gasteiger partial charge in [-0.1, -0.05) is 23.7 Å². The molecule has 1 atom stereocenters. The van der Waals surface area contributed by atoms with Crippen molar-refractivity contribution in [3.05, 3.63) is 41.6 Å². The zero-order valence-corrected chi connectivity index (χ0v) is 12.8. The van der Waals surface area contributed by atoms with Crippen molar-refractivity contribution in [2.45, 2.75) is 6.04 Å². The number of para-hydroxylation sites is 1. The maximum Gasteiger partial charge on any atom is 0.333 e. The Balaban J connectivity index is 1.68. The highest BCUT2D eigenvalue weighted by molar-refractivity contribution is 6.32. The predicted octanol–water partition coefficient (Wildman–Crippen LogP) is 1.69. The van der Waals surface area contributed by atoms with Gasteiger partial charge in [-0.3, -0.25) is 4.79 Å². The second-order valence-electron chi connectivity index (χ2n) is 5.31. The number of rotatable bonds is 2. The number of morpholine rings is 1. The number of hydrogen-bond acceptors (Lipinski definition) is 4. The van der Waals surface area contributed by atoms with Crippen LogP contribution in [0.4, 0.5) is 10.6 Å². The fraction of sp³-hybridized carbons (Fsp3) is 0.267. The number of halogens is 1. The normalized spacial score (nSPS) is 21.0. The van der Waals surface area contributed by atoms with E-state index in [1.54, 1.807) is 23.0 Å². The fourth-order valence-electron chi connectivity index (χ4n) is 2.83. The number of urea groups is 1. The molecule has 0 saturated carbocycles. The van der Waals surface area contributed by atoms with E-state index in [9.17, 15) is 9.59 Å². The summed E-state index contributed by atoms with van der Waals surface area (Å²) in [5.41, 5.74) is 0.681. The van der Waals surface area contributed by atoms with Crippen LogP contribution >= 0.6 is 11.6 Å². The summed E-state index contributed by atoms with van der Waals surface area (Å²) in [7, 11) is 0. The van der Waals surface area contributed by atoms with Crippen LogP contribution < -0.4 is 4.90 Å². The molecule has 0 spiro atoms. The van der Waals surface area contributed by atoms with Crippen molar-refractivity contribution in [2.24, 2.45) is 0 Å². The van der Waals surface area contributed by atoms with E-state index in [2.05, 4.69) is 5.10 Å². The molecule has 1 aromatic carbocycles. The van der Waals surface area contributed by atoms with Gasteiger partial charge in [-0.25, -0.2) is 14.4 Å². The molecular weight excluding hydrogens is 320 g/mol. The van der Waals surface area contributed by atoms with Crippen LogP contribution in [0.3, 0.4) is 0 Å². The van der Waals surface area contributed by atoms with E-state index in [0.717, 1.165) is 4.90 Å². The van der Waals surface area contributed by atoms with Gasteiger partial charge in [0.15, 0.2) is 5.82 Å². The van der Waals surface area contributed by atoms with Gasteiger partial charge in [0.1, 0.15) is 6.04 Å². The minimum absolute atomic E-state index is 0.228. The zero-order valence-electron chi connectivity index (χ0n) is 12.1. The molecule has 1 unspecified atom stereocenters. The number of carbonyl (C=O) groups excluding carboxylic acids is 2. The van der Waals surface area contributed by atoms with E-state index in [1.165, 1.54) is 4.90 Å². The van der Waals surface area contributed by atoms with E-state index >= 15 is 0 Å². The highest BCUT2D eigenvalue weighted by Gasteiger charge is 2.48. The lowest BCUT2D eigenvalue weighted by molar-refractivity contribution is -0.123. The standard InChI is InChI=1S/C15H13ClN4O3/c16-10-3-1-2-4-11(10)19-6-5-13(17-19)20-14(21)12-9-23-8-7-18(12)15(20)22/h1-6,12H,7-9H2. The summed E-state index contributed by atoms with van der Waals surface area (Å²) in [6.45, 7) is 1.08. The van der Waals surface area contributed by atoms with Crippen LogP contribution in [0, 0.1) is 0 Å². The highest BCUT2D eigenvalue weighted by Crippen LogP contribution is 2.27. The monoisotopic (exact) mass is 332 g/mol. The van der Waals surface area contributed by atoms with Gasteiger partial charge >= 0.3 is 6.03 Å². The van der Waals surface area contributed by atoms with Crippen LogP contribution in [-0.2, 0) is 9.53 Å². The number of anilines is 1. The van der Waals surface area contributed by atoms with Crippen molar-refractivity contribution in [2.75, 3.05) is 24.7 Å². The van der Waals surface area contributed by atoms with Crippen molar-refractivity contribution in [1.82, 2.24) is 14.7 Å². The smallest absolute Gasteiger partial charge is 0.333 e. The van der Waals surface area contributed by atoms with Gasteiger partial charge in [-0.15, -0.1) is 5.10 Å². The van der Waals surface area contributed by atoms with Crippen LogP contribution in [0.15, 0.2) is 36.5 Å². The van der Waals surface area contributed by atoms with E-state index in [1.807, 2.05) is 18.2 Å². The Hall–Kier alpha value is -2.38. The molecule has 8 heteroatoms. The maximum absolute atomic E-state index is 12.5. The fourth-order valence-corrected chi connectivity index (χ4v) is 3.05. The Kier molecular flexibility index (Phi) is 3.32. The molecule has 118 valence electrons. The largest absolute Gasteiger partial charge is 0.377 e. The number of carbonyl (C=O) groups is 2. The molecule has 2 fully saturated rings. The second-order valence-corrected chi connectivity index (χ2v) is 5.72. The minimum Gasteiger partial charge on any atom is -0.377 e. The van der Waals surface area contributed by atoms with Crippen LogP contribution in [-0.4, -0.2) is 52.4 Å². The molecule has 2 aliphatic heterocycles. The molecule has 1 aromatic heterocycles. The maximum atomic E-state index is 12.5. The van der Waals surface area contributed by atoms with Crippen LogP contribution in [0.1, 0.15) is 0 Å². The number of imide groups is 1. The van der Waals surface area contributed by atoms with Gasteiger partial charge in [-0.05, 0) is 12.1 Å². The molecule has 2 saturated heterocycles. The van der Waals surface area contributed by atoms with E-state index in [4.69, 9.17) is 16.3 Å².